The fraction of sp³-hybridized carbons (Fsp3) is 0.909. The molecule has 15 heavy (non-hydrogen) atoms. The van der Waals surface area contributed by atoms with Crippen molar-refractivity contribution in [2.24, 2.45) is 17.6 Å². The van der Waals surface area contributed by atoms with Gasteiger partial charge in [-0.2, -0.15) is 0 Å². The van der Waals surface area contributed by atoms with Crippen LogP contribution in [0.2, 0.25) is 0 Å². The molecule has 2 fully saturated rings. The number of amides is 1. The largest absolute Gasteiger partial charge is 0.369 e. The Morgan fingerprint density at radius 2 is 2.33 bits per heavy atom. The fourth-order valence-electron chi connectivity index (χ4n) is 2.69. The Bertz CT molecular complexity index is 226. The van der Waals surface area contributed by atoms with E-state index >= 15 is 0 Å². The lowest BCUT2D eigenvalue weighted by molar-refractivity contribution is -0.123. The van der Waals surface area contributed by atoms with Gasteiger partial charge < -0.3 is 16.0 Å². The smallest absolute Gasteiger partial charge is 0.221 e. The highest BCUT2D eigenvalue weighted by Gasteiger charge is 2.26. The number of hydrogen-bond acceptors (Lipinski definition) is 3. The maximum atomic E-state index is 11.1. The zero-order valence-corrected chi connectivity index (χ0v) is 9.24. The van der Waals surface area contributed by atoms with Crippen LogP contribution in [-0.2, 0) is 4.79 Å². The zero-order chi connectivity index (χ0) is 10.7. The summed E-state index contributed by atoms with van der Waals surface area (Å²) in [7, 11) is 0. The molecule has 2 heterocycles. The number of primary amides is 1. The molecule has 0 aliphatic carbocycles. The molecule has 0 bridgehead atoms. The van der Waals surface area contributed by atoms with E-state index in [4.69, 9.17) is 5.73 Å². The molecule has 2 unspecified atom stereocenters. The Hall–Kier alpha value is -0.610. The fourth-order valence-corrected chi connectivity index (χ4v) is 2.69. The van der Waals surface area contributed by atoms with E-state index in [2.05, 4.69) is 10.2 Å². The van der Waals surface area contributed by atoms with Gasteiger partial charge in [0.25, 0.3) is 0 Å². The molecule has 4 nitrogen and oxygen atoms in total. The van der Waals surface area contributed by atoms with Gasteiger partial charge in [0, 0.05) is 13.1 Å². The molecular weight excluding hydrogens is 190 g/mol. The van der Waals surface area contributed by atoms with Crippen molar-refractivity contribution in [3.8, 4) is 0 Å². The van der Waals surface area contributed by atoms with E-state index in [1.165, 1.54) is 6.42 Å². The molecule has 2 saturated heterocycles. The van der Waals surface area contributed by atoms with Crippen LogP contribution >= 0.6 is 0 Å². The second-order valence-corrected chi connectivity index (χ2v) is 4.86. The molecule has 2 aliphatic rings. The molecule has 3 N–H and O–H groups in total. The Kier molecular flexibility index (Phi) is 3.59. The third-order valence-electron chi connectivity index (χ3n) is 3.59. The van der Waals surface area contributed by atoms with Crippen molar-refractivity contribution < 1.29 is 4.79 Å². The number of carbonyl (C=O) groups excluding carboxylic acids is 1. The lowest BCUT2D eigenvalue weighted by Crippen LogP contribution is -2.43. The summed E-state index contributed by atoms with van der Waals surface area (Å²) in [5, 5.41) is 3.38. The molecule has 0 aromatic carbocycles. The topological polar surface area (TPSA) is 58.4 Å². The highest BCUT2D eigenvalue weighted by Crippen LogP contribution is 2.18. The summed E-state index contributed by atoms with van der Waals surface area (Å²) in [5.41, 5.74) is 5.36. The van der Waals surface area contributed by atoms with Crippen molar-refractivity contribution in [2.45, 2.75) is 19.3 Å². The van der Waals surface area contributed by atoms with Gasteiger partial charge >= 0.3 is 0 Å². The summed E-state index contributed by atoms with van der Waals surface area (Å²) in [5.74, 6) is 0.744. The van der Waals surface area contributed by atoms with Crippen LogP contribution in [0.3, 0.4) is 0 Å². The third kappa shape index (κ3) is 2.92. The van der Waals surface area contributed by atoms with Gasteiger partial charge in [-0.05, 0) is 44.8 Å². The summed E-state index contributed by atoms with van der Waals surface area (Å²) in [6.07, 6.45) is 3.38. The highest BCUT2D eigenvalue weighted by atomic mass is 16.1. The van der Waals surface area contributed by atoms with Gasteiger partial charge in [0.15, 0.2) is 0 Å². The molecule has 0 saturated carbocycles. The van der Waals surface area contributed by atoms with Crippen LogP contribution < -0.4 is 11.1 Å². The first-order valence-corrected chi connectivity index (χ1v) is 5.98. The first-order chi connectivity index (χ1) is 7.25. The Balaban J connectivity index is 1.79. The minimum Gasteiger partial charge on any atom is -0.369 e. The van der Waals surface area contributed by atoms with Crippen LogP contribution in [0.1, 0.15) is 19.3 Å². The average Bonchev–Trinajstić information content (AvgIpc) is 2.71. The van der Waals surface area contributed by atoms with Crippen LogP contribution in [0.5, 0.6) is 0 Å². The monoisotopic (exact) mass is 211 g/mol. The maximum absolute atomic E-state index is 11.1. The number of rotatable bonds is 3. The van der Waals surface area contributed by atoms with Crippen molar-refractivity contribution in [3.63, 3.8) is 0 Å². The second kappa shape index (κ2) is 4.94. The molecule has 2 rings (SSSR count). The van der Waals surface area contributed by atoms with E-state index in [9.17, 15) is 4.79 Å². The summed E-state index contributed by atoms with van der Waals surface area (Å²) in [6.45, 7) is 5.44. The highest BCUT2D eigenvalue weighted by molar-refractivity contribution is 5.76. The number of carbonyl (C=O) groups is 1. The van der Waals surface area contributed by atoms with Crippen molar-refractivity contribution >= 4 is 5.91 Å². The number of nitrogens with one attached hydrogen (secondary N) is 1. The van der Waals surface area contributed by atoms with Crippen molar-refractivity contribution in [3.05, 3.63) is 0 Å². The minimum absolute atomic E-state index is 0.0908. The van der Waals surface area contributed by atoms with Crippen LogP contribution in [0.15, 0.2) is 0 Å². The predicted octanol–water partition coefficient (Wildman–Crippen LogP) is -0.207. The van der Waals surface area contributed by atoms with E-state index in [-0.39, 0.29) is 11.8 Å². The quantitative estimate of drug-likeness (QED) is 0.679. The summed E-state index contributed by atoms with van der Waals surface area (Å²) < 4.78 is 0. The summed E-state index contributed by atoms with van der Waals surface area (Å²) in [6, 6.07) is 0. The summed E-state index contributed by atoms with van der Waals surface area (Å²) >= 11 is 0. The molecule has 0 aromatic heterocycles. The molecular formula is C11H21N3O. The van der Waals surface area contributed by atoms with Gasteiger partial charge in [-0.3, -0.25) is 4.79 Å². The molecule has 1 amide bonds. The van der Waals surface area contributed by atoms with E-state index in [0.717, 1.165) is 51.5 Å². The Morgan fingerprint density at radius 3 is 3.00 bits per heavy atom. The number of nitrogens with zero attached hydrogens (tertiary/aromatic N) is 1. The Morgan fingerprint density at radius 1 is 1.47 bits per heavy atom. The summed E-state index contributed by atoms with van der Waals surface area (Å²) in [4.78, 5) is 13.5. The first-order valence-electron chi connectivity index (χ1n) is 5.98. The normalized spacial score (nSPS) is 33.1. The van der Waals surface area contributed by atoms with Gasteiger partial charge in [0.1, 0.15) is 0 Å². The van der Waals surface area contributed by atoms with Gasteiger partial charge in [-0.25, -0.2) is 0 Å². The van der Waals surface area contributed by atoms with Gasteiger partial charge in [-0.1, -0.05) is 0 Å². The predicted molar refractivity (Wildman–Crippen MR) is 59.3 cm³/mol. The van der Waals surface area contributed by atoms with E-state index in [0.29, 0.717) is 0 Å². The molecule has 2 atom stereocenters. The van der Waals surface area contributed by atoms with Crippen molar-refractivity contribution in [2.75, 3.05) is 32.7 Å². The molecule has 0 spiro atoms. The van der Waals surface area contributed by atoms with Gasteiger partial charge in [0.2, 0.25) is 5.91 Å². The average molecular weight is 211 g/mol. The third-order valence-corrected chi connectivity index (χ3v) is 3.59. The molecule has 0 aromatic rings. The van der Waals surface area contributed by atoms with Gasteiger partial charge in [-0.15, -0.1) is 0 Å². The SMILES string of the molecule is NC(=O)C1CCCN(CC2CCNC2)C1. The molecule has 86 valence electrons. The zero-order valence-electron chi connectivity index (χ0n) is 9.24. The van der Waals surface area contributed by atoms with Crippen molar-refractivity contribution in [1.82, 2.24) is 10.2 Å². The van der Waals surface area contributed by atoms with Crippen LogP contribution in [0, 0.1) is 11.8 Å². The van der Waals surface area contributed by atoms with E-state index in [1.807, 2.05) is 0 Å². The standard InChI is InChI=1S/C11H21N3O/c12-11(15)10-2-1-5-14(8-10)7-9-3-4-13-6-9/h9-10,13H,1-8H2,(H2,12,15). The number of likely N-dealkylation sites (tertiary alicyclic amines) is 1. The van der Waals surface area contributed by atoms with E-state index < -0.39 is 0 Å². The van der Waals surface area contributed by atoms with Crippen LogP contribution in [0.25, 0.3) is 0 Å². The lowest BCUT2D eigenvalue weighted by Gasteiger charge is -2.32. The second-order valence-electron chi connectivity index (χ2n) is 4.86. The maximum Gasteiger partial charge on any atom is 0.221 e. The van der Waals surface area contributed by atoms with Crippen LogP contribution in [-0.4, -0.2) is 43.5 Å². The van der Waals surface area contributed by atoms with Gasteiger partial charge in [0.05, 0.1) is 5.92 Å². The van der Waals surface area contributed by atoms with E-state index in [1.54, 1.807) is 0 Å². The minimum atomic E-state index is -0.121. The number of nitrogens with two attached hydrogens (primary N) is 1. The number of hydrogen-bond donors (Lipinski definition) is 2. The number of piperidine rings is 1. The van der Waals surface area contributed by atoms with Crippen LogP contribution in [0.4, 0.5) is 0 Å². The van der Waals surface area contributed by atoms with Crippen molar-refractivity contribution in [1.29, 1.82) is 0 Å². The lowest BCUT2D eigenvalue weighted by atomic mass is 9.96. The Labute approximate surface area is 91.2 Å². The first kappa shape index (κ1) is 10.9. The molecule has 4 heteroatoms. The molecule has 0 radical (unpaired) electrons. The molecule has 2 aliphatic heterocycles.